The van der Waals surface area contributed by atoms with Gasteiger partial charge in [-0.25, -0.2) is 4.98 Å². The number of hydrogen-bond acceptors (Lipinski definition) is 5. The van der Waals surface area contributed by atoms with Crippen LogP contribution in [0.1, 0.15) is 13.3 Å². The minimum Gasteiger partial charge on any atom is -0.274 e. The normalized spacial score (nSPS) is 10.3. The number of rotatable bonds is 4. The van der Waals surface area contributed by atoms with Gasteiger partial charge in [0.15, 0.2) is 0 Å². The molecule has 2 aromatic rings. The van der Waals surface area contributed by atoms with Gasteiger partial charge in [0, 0.05) is 6.42 Å². The highest BCUT2D eigenvalue weighted by Gasteiger charge is 2.26. The second-order valence-electron chi connectivity index (χ2n) is 3.77. The van der Waals surface area contributed by atoms with Crippen LogP contribution in [0.2, 0.25) is 5.15 Å². The smallest absolute Gasteiger partial charge is 0.274 e. The van der Waals surface area contributed by atoms with E-state index in [-0.39, 0.29) is 27.6 Å². The summed E-state index contributed by atoms with van der Waals surface area (Å²) in [5, 5.41) is 10.5. The zero-order valence-corrected chi connectivity index (χ0v) is 12.0. The molecule has 0 aliphatic heterocycles. The van der Waals surface area contributed by atoms with Crippen LogP contribution in [-0.4, -0.2) is 15.8 Å². The van der Waals surface area contributed by atoms with Crippen LogP contribution in [-0.2, 0) is 4.79 Å². The fourth-order valence-electron chi connectivity index (χ4n) is 1.59. The lowest BCUT2D eigenvalue weighted by molar-refractivity contribution is -0.380. The van der Waals surface area contributed by atoms with Gasteiger partial charge in [-0.15, -0.1) is 0 Å². The number of thiazole rings is 1. The maximum Gasteiger partial charge on any atom is 0.364 e. The molecule has 0 saturated heterocycles. The second-order valence-corrected chi connectivity index (χ2v) is 5.08. The maximum absolute atomic E-state index is 12.1. The summed E-state index contributed by atoms with van der Waals surface area (Å²) in [6.07, 6.45) is 0.250. The Balaban J connectivity index is 2.50. The van der Waals surface area contributed by atoms with Gasteiger partial charge >= 0.3 is 5.00 Å². The van der Waals surface area contributed by atoms with E-state index in [4.69, 9.17) is 11.6 Å². The van der Waals surface area contributed by atoms with Gasteiger partial charge in [0.2, 0.25) is 16.2 Å². The van der Waals surface area contributed by atoms with Crippen molar-refractivity contribution < 1.29 is 9.72 Å². The molecule has 0 fully saturated rings. The molecule has 0 aliphatic carbocycles. The summed E-state index contributed by atoms with van der Waals surface area (Å²) < 4.78 is 0. The minimum atomic E-state index is -0.608. The van der Waals surface area contributed by atoms with Crippen molar-refractivity contribution in [1.82, 2.24) is 4.98 Å². The van der Waals surface area contributed by atoms with Crippen LogP contribution in [0.3, 0.4) is 0 Å². The third-order valence-corrected chi connectivity index (χ3v) is 3.85. The Kier molecular flexibility index (Phi) is 4.31. The Labute approximate surface area is 123 Å². The lowest BCUT2D eigenvalue weighted by Crippen LogP contribution is -2.24. The zero-order chi connectivity index (χ0) is 14.7. The highest BCUT2D eigenvalue weighted by molar-refractivity contribution is 7.19. The first-order valence-corrected chi connectivity index (χ1v) is 6.92. The summed E-state index contributed by atoms with van der Waals surface area (Å²) in [5.74, 6) is -0.212. The van der Waals surface area contributed by atoms with Gasteiger partial charge in [-0.1, -0.05) is 36.7 Å². The number of hydrogen-bond donors (Lipinski definition) is 0. The summed E-state index contributed by atoms with van der Waals surface area (Å²) in [6.45, 7) is 1.71. The number of amides is 1. The first-order valence-electron chi connectivity index (χ1n) is 5.73. The average Bonchev–Trinajstić information content (AvgIpc) is 2.82. The molecule has 1 amide bonds. The Morgan fingerprint density at radius 3 is 2.60 bits per heavy atom. The molecule has 2 rings (SSSR count). The molecule has 0 bridgehead atoms. The third kappa shape index (κ3) is 2.78. The van der Waals surface area contributed by atoms with Crippen molar-refractivity contribution in [3.05, 3.63) is 45.6 Å². The first kappa shape index (κ1) is 14.4. The van der Waals surface area contributed by atoms with Crippen molar-refractivity contribution in [3.8, 4) is 0 Å². The standard InChI is InChI=1S/C12H10ClN3O3S/c1-2-9(17)15(8-6-4-3-5-7-8)12-14-10(13)11(20-12)16(18)19/h3-7H,2H2,1H3. The van der Waals surface area contributed by atoms with Crippen molar-refractivity contribution in [2.45, 2.75) is 13.3 Å². The Bertz CT molecular complexity index is 645. The van der Waals surface area contributed by atoms with Crippen molar-refractivity contribution in [3.63, 3.8) is 0 Å². The molecule has 1 aromatic carbocycles. The highest BCUT2D eigenvalue weighted by atomic mass is 35.5. The van der Waals surface area contributed by atoms with Gasteiger partial charge in [-0.3, -0.25) is 19.8 Å². The van der Waals surface area contributed by atoms with Crippen LogP contribution in [0.4, 0.5) is 15.8 Å². The summed E-state index contributed by atoms with van der Waals surface area (Å²) in [5.41, 5.74) is 0.597. The summed E-state index contributed by atoms with van der Waals surface area (Å²) in [7, 11) is 0. The number of nitro groups is 1. The lowest BCUT2D eigenvalue weighted by atomic mass is 10.3. The quantitative estimate of drug-likeness (QED) is 0.636. The SMILES string of the molecule is CCC(=O)N(c1ccccc1)c1nc(Cl)c([N+](=O)[O-])s1. The molecule has 104 valence electrons. The van der Waals surface area contributed by atoms with Crippen molar-refractivity contribution in [1.29, 1.82) is 0 Å². The van der Waals surface area contributed by atoms with Crippen molar-refractivity contribution in [2.24, 2.45) is 0 Å². The predicted molar refractivity (Wildman–Crippen MR) is 77.7 cm³/mol. The molecule has 8 heteroatoms. The summed E-state index contributed by atoms with van der Waals surface area (Å²) >= 11 is 6.52. The van der Waals surface area contributed by atoms with Gasteiger partial charge < -0.3 is 0 Å². The van der Waals surface area contributed by atoms with E-state index < -0.39 is 4.92 Å². The first-order chi connectivity index (χ1) is 9.54. The fourth-order valence-corrected chi connectivity index (χ4v) is 2.72. The molecule has 1 aromatic heterocycles. The molecular weight excluding hydrogens is 302 g/mol. The molecule has 0 unspecified atom stereocenters. The van der Waals surface area contributed by atoms with E-state index in [0.29, 0.717) is 5.69 Å². The summed E-state index contributed by atoms with van der Waals surface area (Å²) in [6, 6.07) is 8.82. The molecule has 6 nitrogen and oxygen atoms in total. The van der Waals surface area contributed by atoms with Gasteiger partial charge in [0.05, 0.1) is 10.6 Å². The molecular formula is C12H10ClN3O3S. The predicted octanol–water partition coefficient (Wildman–Crippen LogP) is 3.78. The summed E-state index contributed by atoms with van der Waals surface area (Å²) in [4.78, 5) is 27.6. The molecule has 0 aliphatic rings. The van der Waals surface area contributed by atoms with E-state index in [0.717, 1.165) is 11.3 Å². The topological polar surface area (TPSA) is 76.3 Å². The molecule has 0 N–H and O–H groups in total. The van der Waals surface area contributed by atoms with Gasteiger partial charge in [0.1, 0.15) is 0 Å². The van der Waals surface area contributed by atoms with Crippen LogP contribution < -0.4 is 4.90 Å². The maximum atomic E-state index is 12.1. The van der Waals surface area contributed by atoms with Gasteiger partial charge in [0.25, 0.3) is 0 Å². The third-order valence-electron chi connectivity index (χ3n) is 2.48. The van der Waals surface area contributed by atoms with Crippen LogP contribution in [0.5, 0.6) is 0 Å². The monoisotopic (exact) mass is 311 g/mol. The molecule has 0 radical (unpaired) electrons. The Morgan fingerprint density at radius 1 is 1.45 bits per heavy atom. The lowest BCUT2D eigenvalue weighted by Gasteiger charge is -2.18. The van der Waals surface area contributed by atoms with Crippen LogP contribution in [0.15, 0.2) is 30.3 Å². The zero-order valence-electron chi connectivity index (χ0n) is 10.4. The molecule has 20 heavy (non-hydrogen) atoms. The number of halogens is 1. The van der Waals surface area contributed by atoms with Gasteiger partial charge in [-0.2, -0.15) is 0 Å². The number of anilines is 2. The van der Waals surface area contributed by atoms with Crippen LogP contribution >= 0.6 is 22.9 Å². The molecule has 0 spiro atoms. The molecule has 1 heterocycles. The minimum absolute atomic E-state index is 0.194. The largest absolute Gasteiger partial charge is 0.364 e. The van der Waals surface area contributed by atoms with E-state index in [1.165, 1.54) is 4.90 Å². The van der Waals surface area contributed by atoms with Crippen molar-refractivity contribution >= 4 is 44.7 Å². The highest BCUT2D eigenvalue weighted by Crippen LogP contribution is 2.38. The van der Waals surface area contributed by atoms with E-state index in [1.807, 2.05) is 6.07 Å². The number of carbonyl (C=O) groups excluding carboxylic acids is 1. The van der Waals surface area contributed by atoms with E-state index in [1.54, 1.807) is 31.2 Å². The Morgan fingerprint density at radius 2 is 2.10 bits per heavy atom. The van der Waals surface area contributed by atoms with Crippen LogP contribution in [0, 0.1) is 10.1 Å². The molecule has 0 atom stereocenters. The van der Waals surface area contributed by atoms with E-state index in [2.05, 4.69) is 4.98 Å². The van der Waals surface area contributed by atoms with E-state index >= 15 is 0 Å². The van der Waals surface area contributed by atoms with Gasteiger partial charge in [-0.05, 0) is 23.5 Å². The Hall–Kier alpha value is -1.99. The van der Waals surface area contributed by atoms with Crippen LogP contribution in [0.25, 0.3) is 0 Å². The fraction of sp³-hybridized carbons (Fsp3) is 0.167. The number of benzene rings is 1. The number of carbonyl (C=O) groups is 1. The average molecular weight is 312 g/mol. The number of nitrogens with zero attached hydrogens (tertiary/aromatic N) is 3. The van der Waals surface area contributed by atoms with Crippen molar-refractivity contribution in [2.75, 3.05) is 4.90 Å². The molecule has 0 saturated carbocycles. The number of aromatic nitrogens is 1. The second kappa shape index (κ2) is 5.98. The number of para-hydroxylation sites is 1. The van der Waals surface area contributed by atoms with E-state index in [9.17, 15) is 14.9 Å².